The van der Waals surface area contributed by atoms with Crippen molar-refractivity contribution in [2.24, 2.45) is 0 Å². The molecule has 0 spiro atoms. The Bertz CT molecular complexity index is 1040. The van der Waals surface area contributed by atoms with Crippen molar-refractivity contribution in [2.75, 3.05) is 24.5 Å². The van der Waals surface area contributed by atoms with Crippen LogP contribution in [0.15, 0.2) is 41.4 Å². The topological polar surface area (TPSA) is 70.6 Å². The second-order valence-corrected chi connectivity index (χ2v) is 8.77. The molecular formula is C20H23F2N3O3S. The number of rotatable bonds is 6. The fraction of sp³-hybridized carbons (Fsp3) is 0.400. The Morgan fingerprint density at radius 2 is 1.93 bits per heavy atom. The van der Waals surface area contributed by atoms with Crippen LogP contribution in [0.5, 0.6) is 0 Å². The molecule has 1 aromatic heterocycles. The van der Waals surface area contributed by atoms with Gasteiger partial charge in [-0.25, -0.2) is 8.42 Å². The molecule has 6 nitrogen and oxygen atoms in total. The number of carbonyl (C=O) groups is 1. The van der Waals surface area contributed by atoms with Crippen molar-refractivity contribution in [2.45, 2.75) is 38.0 Å². The fourth-order valence-electron chi connectivity index (χ4n) is 3.55. The van der Waals surface area contributed by atoms with Gasteiger partial charge in [0.05, 0.1) is 4.90 Å². The van der Waals surface area contributed by atoms with Crippen molar-refractivity contribution in [1.82, 2.24) is 9.29 Å². The van der Waals surface area contributed by atoms with Crippen LogP contribution in [0.4, 0.5) is 14.5 Å². The molecule has 3 rings (SSSR count). The highest BCUT2D eigenvalue weighted by Gasteiger charge is 2.48. The van der Waals surface area contributed by atoms with Crippen LogP contribution < -0.4 is 4.90 Å². The zero-order valence-corrected chi connectivity index (χ0v) is 17.3. The van der Waals surface area contributed by atoms with Crippen LogP contribution in [0, 0.1) is 6.92 Å². The summed E-state index contributed by atoms with van der Waals surface area (Å²) in [7, 11) is -3.67. The molecule has 0 fully saturated rings. The molecule has 29 heavy (non-hydrogen) atoms. The molecule has 1 amide bonds. The summed E-state index contributed by atoms with van der Waals surface area (Å²) in [5.74, 6) is -5.14. The van der Waals surface area contributed by atoms with Crippen molar-refractivity contribution < 1.29 is 22.0 Å². The third-order valence-corrected chi connectivity index (χ3v) is 7.16. The molecule has 0 N–H and O–H groups in total. The number of hydrogen-bond acceptors (Lipinski definition) is 4. The normalized spacial score (nSPS) is 14.3. The number of fused-ring (bicyclic) bond motifs is 1. The Balaban J connectivity index is 1.94. The summed E-state index contributed by atoms with van der Waals surface area (Å²) in [6, 6.07) is 7.27. The van der Waals surface area contributed by atoms with Crippen LogP contribution in [-0.4, -0.2) is 43.2 Å². The second kappa shape index (κ2) is 7.79. The van der Waals surface area contributed by atoms with Gasteiger partial charge < -0.3 is 4.90 Å². The van der Waals surface area contributed by atoms with Crippen molar-refractivity contribution >= 4 is 21.6 Å². The molecule has 2 aromatic rings. The number of halogens is 2. The first-order valence-corrected chi connectivity index (χ1v) is 10.8. The zero-order chi connectivity index (χ0) is 21.4. The van der Waals surface area contributed by atoms with Crippen LogP contribution in [0.2, 0.25) is 0 Å². The number of sulfonamides is 1. The first kappa shape index (κ1) is 21.3. The van der Waals surface area contributed by atoms with Gasteiger partial charge in [0.1, 0.15) is 5.69 Å². The van der Waals surface area contributed by atoms with Gasteiger partial charge in [0.2, 0.25) is 10.0 Å². The van der Waals surface area contributed by atoms with Gasteiger partial charge in [0.15, 0.2) is 0 Å². The number of nitrogens with zero attached hydrogens (tertiary/aromatic N) is 3. The molecule has 0 saturated carbocycles. The van der Waals surface area contributed by atoms with Crippen LogP contribution in [0.1, 0.15) is 30.7 Å². The predicted octanol–water partition coefficient (Wildman–Crippen LogP) is 3.10. The molecular weight excluding hydrogens is 400 g/mol. The van der Waals surface area contributed by atoms with Crippen molar-refractivity contribution in [3.05, 3.63) is 53.3 Å². The molecule has 2 heterocycles. The van der Waals surface area contributed by atoms with E-state index in [-0.39, 0.29) is 17.0 Å². The Labute approximate surface area is 169 Å². The van der Waals surface area contributed by atoms with E-state index in [4.69, 9.17) is 0 Å². The van der Waals surface area contributed by atoms with E-state index < -0.39 is 27.5 Å². The lowest BCUT2D eigenvalue weighted by atomic mass is 10.1. The van der Waals surface area contributed by atoms with Crippen molar-refractivity contribution in [3.63, 3.8) is 0 Å². The molecule has 1 aromatic carbocycles. The van der Waals surface area contributed by atoms with Crippen LogP contribution in [0.25, 0.3) is 0 Å². The summed E-state index contributed by atoms with van der Waals surface area (Å²) in [5.41, 5.74) is 0.520. The van der Waals surface area contributed by atoms with Crippen molar-refractivity contribution in [1.29, 1.82) is 0 Å². The molecule has 1 aliphatic rings. The monoisotopic (exact) mass is 423 g/mol. The first-order chi connectivity index (χ1) is 13.6. The first-order valence-electron chi connectivity index (χ1n) is 9.39. The number of aryl methyl sites for hydroxylation is 1. The van der Waals surface area contributed by atoms with Gasteiger partial charge in [-0.2, -0.15) is 13.1 Å². The molecule has 9 heteroatoms. The number of aromatic nitrogens is 1. The number of benzene rings is 1. The van der Waals surface area contributed by atoms with Gasteiger partial charge in [0.25, 0.3) is 0 Å². The minimum Gasteiger partial charge on any atom is -0.306 e. The summed E-state index contributed by atoms with van der Waals surface area (Å²) in [6.45, 7) is 5.69. The third kappa shape index (κ3) is 3.64. The van der Waals surface area contributed by atoms with E-state index in [0.717, 1.165) is 4.90 Å². The zero-order valence-electron chi connectivity index (χ0n) is 16.5. The van der Waals surface area contributed by atoms with Gasteiger partial charge in [0, 0.05) is 31.5 Å². The van der Waals surface area contributed by atoms with E-state index in [1.165, 1.54) is 47.8 Å². The summed E-state index contributed by atoms with van der Waals surface area (Å²) < 4.78 is 56.5. The molecule has 156 valence electrons. The Morgan fingerprint density at radius 3 is 2.55 bits per heavy atom. The summed E-state index contributed by atoms with van der Waals surface area (Å²) in [6.07, 6.45) is 1.53. The highest BCUT2D eigenvalue weighted by atomic mass is 32.2. The fourth-order valence-corrected chi connectivity index (χ4v) is 5.06. The lowest BCUT2D eigenvalue weighted by Gasteiger charge is -2.24. The highest BCUT2D eigenvalue weighted by Crippen LogP contribution is 2.37. The lowest BCUT2D eigenvalue weighted by molar-refractivity contribution is -0.144. The Hall–Kier alpha value is -2.39. The smallest absolute Gasteiger partial charge is 0.306 e. The summed E-state index contributed by atoms with van der Waals surface area (Å²) >= 11 is 0. The van der Waals surface area contributed by atoms with E-state index in [2.05, 4.69) is 4.98 Å². The standard InChI is InChI=1S/C20H23F2N3O3S/c1-4-24(5-2)29(27,28)16-8-9-17-15(13-16)10-12-25(17)19(26)20(21,22)18-14(3)7-6-11-23-18/h6-9,11,13H,4-5,10,12H2,1-3H3. The molecule has 0 bridgehead atoms. The minimum absolute atomic E-state index is 0.0599. The van der Waals surface area contributed by atoms with Crippen molar-refractivity contribution in [3.8, 4) is 0 Å². The second-order valence-electron chi connectivity index (χ2n) is 6.83. The van der Waals surface area contributed by atoms with E-state index in [0.29, 0.717) is 30.8 Å². The third-order valence-electron chi connectivity index (χ3n) is 5.11. The van der Waals surface area contributed by atoms with Crippen LogP contribution in [0.3, 0.4) is 0 Å². The van der Waals surface area contributed by atoms with Crippen LogP contribution >= 0.6 is 0 Å². The predicted molar refractivity (Wildman–Crippen MR) is 105 cm³/mol. The maximum absolute atomic E-state index is 14.9. The summed E-state index contributed by atoms with van der Waals surface area (Å²) in [4.78, 5) is 17.5. The molecule has 0 saturated heterocycles. The van der Waals surface area contributed by atoms with E-state index >= 15 is 0 Å². The molecule has 0 aliphatic carbocycles. The maximum atomic E-state index is 14.9. The number of anilines is 1. The van der Waals surface area contributed by atoms with E-state index in [1.54, 1.807) is 13.8 Å². The van der Waals surface area contributed by atoms with Gasteiger partial charge in [-0.05, 0) is 48.7 Å². The lowest BCUT2D eigenvalue weighted by Crippen LogP contribution is -2.42. The van der Waals surface area contributed by atoms with Gasteiger partial charge in [-0.15, -0.1) is 0 Å². The SMILES string of the molecule is CCN(CC)S(=O)(=O)c1ccc2c(c1)CCN2C(=O)C(F)(F)c1ncccc1C. The number of amides is 1. The number of alkyl halides is 2. The van der Waals surface area contributed by atoms with Crippen LogP contribution in [-0.2, 0) is 27.2 Å². The molecule has 0 radical (unpaired) electrons. The minimum atomic E-state index is -3.78. The maximum Gasteiger partial charge on any atom is 0.366 e. The summed E-state index contributed by atoms with van der Waals surface area (Å²) in [5, 5.41) is 0. The Morgan fingerprint density at radius 1 is 1.24 bits per heavy atom. The number of carbonyl (C=O) groups excluding carboxylic acids is 1. The largest absolute Gasteiger partial charge is 0.366 e. The number of hydrogen-bond donors (Lipinski definition) is 0. The van der Waals surface area contributed by atoms with Gasteiger partial charge >= 0.3 is 11.8 Å². The molecule has 0 unspecified atom stereocenters. The average Bonchev–Trinajstić information content (AvgIpc) is 3.11. The Kier molecular flexibility index (Phi) is 5.73. The number of pyridine rings is 1. The molecule has 1 aliphatic heterocycles. The van der Waals surface area contributed by atoms with E-state index in [1.807, 2.05) is 0 Å². The molecule has 0 atom stereocenters. The average molecular weight is 423 g/mol. The quantitative estimate of drug-likeness (QED) is 0.716. The highest BCUT2D eigenvalue weighted by molar-refractivity contribution is 7.89. The van der Waals surface area contributed by atoms with E-state index in [9.17, 15) is 22.0 Å². The van der Waals surface area contributed by atoms with Gasteiger partial charge in [-0.1, -0.05) is 19.9 Å². The van der Waals surface area contributed by atoms with Gasteiger partial charge in [-0.3, -0.25) is 9.78 Å².